The fourth-order valence-corrected chi connectivity index (χ4v) is 2.13. The summed E-state index contributed by atoms with van der Waals surface area (Å²) in [5, 5.41) is 7.66. The van der Waals surface area contributed by atoms with Crippen LogP contribution in [-0.2, 0) is 4.79 Å². The maximum atomic E-state index is 12.8. The number of nitrogens with one attached hydrogen (secondary N) is 3. The molecular formula is C19H22FN3O3. The molecular weight excluding hydrogens is 337 g/mol. The smallest absolute Gasteiger partial charge is 0.315 e. The zero-order valence-electron chi connectivity index (χ0n) is 14.5. The Morgan fingerprint density at radius 3 is 2.58 bits per heavy atom. The van der Waals surface area contributed by atoms with Gasteiger partial charge >= 0.3 is 6.03 Å². The van der Waals surface area contributed by atoms with Crippen molar-refractivity contribution >= 4 is 17.6 Å². The number of anilines is 1. The van der Waals surface area contributed by atoms with Crippen LogP contribution in [0, 0.1) is 12.7 Å². The van der Waals surface area contributed by atoms with Crippen LogP contribution in [0.1, 0.15) is 12.0 Å². The Hall–Kier alpha value is -3.09. The normalized spacial score (nSPS) is 10.1. The van der Waals surface area contributed by atoms with E-state index in [1.165, 1.54) is 24.3 Å². The fourth-order valence-electron chi connectivity index (χ4n) is 2.13. The average molecular weight is 359 g/mol. The van der Waals surface area contributed by atoms with Crippen molar-refractivity contribution in [3.63, 3.8) is 0 Å². The molecule has 2 aromatic rings. The Kier molecular flexibility index (Phi) is 7.42. The minimum absolute atomic E-state index is 0.178. The molecule has 2 aromatic carbocycles. The molecule has 3 amide bonds. The molecule has 0 atom stereocenters. The van der Waals surface area contributed by atoms with Gasteiger partial charge in [-0.25, -0.2) is 9.18 Å². The number of carbonyl (C=O) groups is 2. The highest BCUT2D eigenvalue weighted by Crippen LogP contribution is 2.12. The lowest BCUT2D eigenvalue weighted by Gasteiger charge is -2.09. The van der Waals surface area contributed by atoms with Crippen LogP contribution in [-0.4, -0.2) is 31.6 Å². The Morgan fingerprint density at radius 1 is 1.08 bits per heavy atom. The SMILES string of the molecule is Cc1cccc(OCCCNC(=O)NCC(=O)Nc2ccc(F)cc2)c1. The zero-order valence-corrected chi connectivity index (χ0v) is 14.5. The minimum atomic E-state index is -0.435. The number of hydrogen-bond donors (Lipinski definition) is 3. The van der Waals surface area contributed by atoms with Gasteiger partial charge in [-0.3, -0.25) is 4.79 Å². The highest BCUT2D eigenvalue weighted by molar-refractivity contribution is 5.94. The van der Waals surface area contributed by atoms with Crippen molar-refractivity contribution in [3.8, 4) is 5.75 Å². The van der Waals surface area contributed by atoms with Gasteiger partial charge in [0.25, 0.3) is 0 Å². The topological polar surface area (TPSA) is 79.5 Å². The summed E-state index contributed by atoms with van der Waals surface area (Å²) in [6, 6.07) is 12.7. The summed E-state index contributed by atoms with van der Waals surface area (Å²) in [4.78, 5) is 23.3. The van der Waals surface area contributed by atoms with E-state index in [4.69, 9.17) is 4.74 Å². The number of hydrogen-bond acceptors (Lipinski definition) is 3. The van der Waals surface area contributed by atoms with E-state index in [1.807, 2.05) is 31.2 Å². The summed E-state index contributed by atoms with van der Waals surface area (Å²) < 4.78 is 18.4. The number of carbonyl (C=O) groups excluding carboxylic acids is 2. The number of ether oxygens (including phenoxy) is 1. The standard InChI is InChI=1S/C19H22FN3O3/c1-14-4-2-5-17(12-14)26-11-3-10-21-19(25)22-13-18(24)23-16-8-6-15(20)7-9-16/h2,4-9,12H,3,10-11,13H2,1H3,(H,23,24)(H2,21,22,25). The Morgan fingerprint density at radius 2 is 1.85 bits per heavy atom. The van der Waals surface area contributed by atoms with Gasteiger partial charge in [-0.15, -0.1) is 0 Å². The third-order valence-electron chi connectivity index (χ3n) is 3.40. The molecule has 3 N–H and O–H groups in total. The first-order chi connectivity index (χ1) is 12.5. The van der Waals surface area contributed by atoms with E-state index in [1.54, 1.807) is 0 Å². The first kappa shape index (κ1) is 19.2. The van der Waals surface area contributed by atoms with Crippen LogP contribution in [0.25, 0.3) is 0 Å². The van der Waals surface area contributed by atoms with Gasteiger partial charge in [0.2, 0.25) is 5.91 Å². The second-order valence-electron chi connectivity index (χ2n) is 5.68. The van der Waals surface area contributed by atoms with Crippen molar-refractivity contribution in [2.45, 2.75) is 13.3 Å². The molecule has 0 radical (unpaired) electrons. The van der Waals surface area contributed by atoms with E-state index in [2.05, 4.69) is 16.0 Å². The number of amides is 3. The van der Waals surface area contributed by atoms with E-state index < -0.39 is 11.9 Å². The summed E-state index contributed by atoms with van der Waals surface area (Å²) in [6.45, 7) is 2.72. The van der Waals surface area contributed by atoms with Crippen molar-refractivity contribution in [2.75, 3.05) is 25.0 Å². The van der Waals surface area contributed by atoms with Crippen LogP contribution in [0.5, 0.6) is 5.75 Å². The van der Waals surface area contributed by atoms with Crippen LogP contribution >= 0.6 is 0 Å². The maximum absolute atomic E-state index is 12.8. The molecule has 7 heteroatoms. The predicted octanol–water partition coefficient (Wildman–Crippen LogP) is 2.84. The molecule has 138 valence electrons. The molecule has 0 bridgehead atoms. The number of aryl methyl sites for hydroxylation is 1. The first-order valence-corrected chi connectivity index (χ1v) is 8.29. The number of rotatable bonds is 8. The van der Waals surface area contributed by atoms with Crippen LogP contribution in [0.3, 0.4) is 0 Å². The molecule has 0 aliphatic heterocycles. The van der Waals surface area contributed by atoms with Gasteiger partial charge in [-0.2, -0.15) is 0 Å². The summed E-state index contributed by atoms with van der Waals surface area (Å²) >= 11 is 0. The van der Waals surface area contributed by atoms with Crippen molar-refractivity contribution in [1.82, 2.24) is 10.6 Å². The molecule has 6 nitrogen and oxygen atoms in total. The molecule has 0 aromatic heterocycles. The van der Waals surface area contributed by atoms with Gasteiger partial charge in [0.05, 0.1) is 13.2 Å². The van der Waals surface area contributed by atoms with E-state index in [0.29, 0.717) is 25.3 Å². The lowest BCUT2D eigenvalue weighted by atomic mass is 10.2. The third-order valence-corrected chi connectivity index (χ3v) is 3.40. The van der Waals surface area contributed by atoms with Crippen molar-refractivity contribution in [2.24, 2.45) is 0 Å². The van der Waals surface area contributed by atoms with E-state index in [0.717, 1.165) is 11.3 Å². The van der Waals surface area contributed by atoms with Crippen LogP contribution in [0.2, 0.25) is 0 Å². The minimum Gasteiger partial charge on any atom is -0.494 e. The lowest BCUT2D eigenvalue weighted by molar-refractivity contribution is -0.115. The second-order valence-corrected chi connectivity index (χ2v) is 5.68. The average Bonchev–Trinajstić information content (AvgIpc) is 2.62. The molecule has 0 saturated heterocycles. The second kappa shape index (κ2) is 10.0. The summed E-state index contributed by atoms with van der Waals surface area (Å²) in [5.41, 5.74) is 1.59. The fraction of sp³-hybridized carbons (Fsp3) is 0.263. The third kappa shape index (κ3) is 7.21. The largest absolute Gasteiger partial charge is 0.494 e. The molecule has 0 spiro atoms. The summed E-state index contributed by atoms with van der Waals surface area (Å²) in [7, 11) is 0. The molecule has 0 heterocycles. The van der Waals surface area contributed by atoms with Crippen molar-refractivity contribution in [3.05, 3.63) is 59.9 Å². The van der Waals surface area contributed by atoms with E-state index in [9.17, 15) is 14.0 Å². The van der Waals surface area contributed by atoms with Crippen molar-refractivity contribution in [1.29, 1.82) is 0 Å². The molecule has 0 unspecified atom stereocenters. The van der Waals surface area contributed by atoms with Crippen LogP contribution in [0.15, 0.2) is 48.5 Å². The molecule has 0 fully saturated rings. The molecule has 26 heavy (non-hydrogen) atoms. The molecule has 2 rings (SSSR count). The van der Waals surface area contributed by atoms with Gasteiger partial charge in [0.1, 0.15) is 11.6 Å². The van der Waals surface area contributed by atoms with Crippen molar-refractivity contribution < 1.29 is 18.7 Å². The van der Waals surface area contributed by atoms with Crippen LogP contribution < -0.4 is 20.7 Å². The highest BCUT2D eigenvalue weighted by atomic mass is 19.1. The van der Waals surface area contributed by atoms with Gasteiger partial charge in [0.15, 0.2) is 0 Å². The van der Waals surface area contributed by atoms with Gasteiger partial charge in [-0.1, -0.05) is 12.1 Å². The Balaban J connectivity index is 1.55. The van der Waals surface area contributed by atoms with E-state index >= 15 is 0 Å². The summed E-state index contributed by atoms with van der Waals surface area (Å²) in [6.07, 6.45) is 0.642. The molecule has 0 saturated carbocycles. The van der Waals surface area contributed by atoms with Crippen LogP contribution in [0.4, 0.5) is 14.9 Å². The Bertz CT molecular complexity index is 735. The zero-order chi connectivity index (χ0) is 18.8. The van der Waals surface area contributed by atoms with Gasteiger partial charge in [-0.05, 0) is 55.3 Å². The quantitative estimate of drug-likeness (QED) is 0.634. The predicted molar refractivity (Wildman–Crippen MR) is 97.7 cm³/mol. The monoisotopic (exact) mass is 359 g/mol. The molecule has 0 aliphatic carbocycles. The maximum Gasteiger partial charge on any atom is 0.315 e. The van der Waals surface area contributed by atoms with Gasteiger partial charge in [0, 0.05) is 12.2 Å². The van der Waals surface area contributed by atoms with Gasteiger partial charge < -0.3 is 20.7 Å². The molecule has 0 aliphatic rings. The highest BCUT2D eigenvalue weighted by Gasteiger charge is 2.05. The number of halogens is 1. The van der Waals surface area contributed by atoms with E-state index in [-0.39, 0.29) is 12.4 Å². The Labute approximate surface area is 151 Å². The lowest BCUT2D eigenvalue weighted by Crippen LogP contribution is -2.40. The summed E-state index contributed by atoms with van der Waals surface area (Å²) in [5.74, 6) is 0.0216. The first-order valence-electron chi connectivity index (χ1n) is 8.29. The number of urea groups is 1. The number of benzene rings is 2.